The molecule has 12 heteroatoms. The molecule has 0 saturated carbocycles. The zero-order valence-electron chi connectivity index (χ0n) is 22.7. The van der Waals surface area contributed by atoms with Gasteiger partial charge in [0.2, 0.25) is 6.35 Å². The predicted octanol–water partition coefficient (Wildman–Crippen LogP) is 4.92. The number of fused-ring (bicyclic) bond motifs is 1. The maximum absolute atomic E-state index is 6.58. The number of anilines is 1. The number of hydrogen-bond donors (Lipinski definition) is 2. The number of benzene rings is 3. The Balaban J connectivity index is 1.34. The molecule has 41 heavy (non-hydrogen) atoms. The Labute approximate surface area is 241 Å². The third-order valence-electron chi connectivity index (χ3n) is 6.89. The van der Waals surface area contributed by atoms with E-state index in [2.05, 4.69) is 30.9 Å². The van der Waals surface area contributed by atoms with Gasteiger partial charge in [0.25, 0.3) is 0 Å². The molecule has 0 radical (unpaired) electrons. The first-order chi connectivity index (χ1) is 20.1. The van der Waals surface area contributed by atoms with Gasteiger partial charge in [-0.2, -0.15) is 10.2 Å². The Bertz CT molecular complexity index is 1700. The zero-order chi connectivity index (χ0) is 28.3. The maximum Gasteiger partial charge on any atom is 0.208 e. The Morgan fingerprint density at radius 3 is 2.68 bits per heavy atom. The van der Waals surface area contributed by atoms with Crippen LogP contribution < -0.4 is 24.8 Å². The van der Waals surface area contributed by atoms with Crippen LogP contribution in [0.15, 0.2) is 61.1 Å². The summed E-state index contributed by atoms with van der Waals surface area (Å²) in [6, 6.07) is 15.4. The van der Waals surface area contributed by atoms with E-state index in [1.807, 2.05) is 48.5 Å². The summed E-state index contributed by atoms with van der Waals surface area (Å²) in [5, 5.41) is 21.4. The van der Waals surface area contributed by atoms with Crippen LogP contribution in [0.3, 0.4) is 0 Å². The van der Waals surface area contributed by atoms with E-state index < -0.39 is 0 Å². The molecule has 0 aliphatic carbocycles. The largest absolute Gasteiger partial charge is 0.497 e. The van der Waals surface area contributed by atoms with Crippen molar-refractivity contribution < 1.29 is 18.9 Å². The molecular weight excluding hydrogens is 546 g/mol. The van der Waals surface area contributed by atoms with Gasteiger partial charge >= 0.3 is 0 Å². The molecule has 210 valence electrons. The van der Waals surface area contributed by atoms with E-state index in [-0.39, 0.29) is 6.35 Å². The number of halogens is 1. The molecule has 1 fully saturated rings. The molecule has 2 aromatic heterocycles. The third kappa shape index (κ3) is 5.34. The molecule has 0 amide bonds. The Kier molecular flexibility index (Phi) is 7.55. The predicted molar refractivity (Wildman–Crippen MR) is 155 cm³/mol. The minimum absolute atomic E-state index is 0.353. The van der Waals surface area contributed by atoms with E-state index >= 15 is 0 Å². The topological polar surface area (TPSA) is 117 Å². The summed E-state index contributed by atoms with van der Waals surface area (Å²) in [6.45, 7) is 1.90. The molecule has 5 aromatic rings. The van der Waals surface area contributed by atoms with Gasteiger partial charge in [0.05, 0.1) is 50.4 Å². The van der Waals surface area contributed by atoms with E-state index in [1.54, 1.807) is 38.5 Å². The molecule has 3 heterocycles. The summed E-state index contributed by atoms with van der Waals surface area (Å²) in [7, 11) is 4.85. The van der Waals surface area contributed by atoms with Crippen LogP contribution in [0.1, 0.15) is 11.9 Å². The number of nitrogens with one attached hydrogen (secondary N) is 2. The highest BCUT2D eigenvalue weighted by molar-refractivity contribution is 6.32. The van der Waals surface area contributed by atoms with Gasteiger partial charge in [0.1, 0.15) is 23.6 Å². The molecule has 0 bridgehead atoms. The fourth-order valence-corrected chi connectivity index (χ4v) is 5.02. The summed E-state index contributed by atoms with van der Waals surface area (Å²) in [6.07, 6.45) is 3.00. The highest BCUT2D eigenvalue weighted by atomic mass is 35.5. The van der Waals surface area contributed by atoms with E-state index in [0.29, 0.717) is 35.3 Å². The first-order valence-electron chi connectivity index (χ1n) is 12.9. The second-order valence-corrected chi connectivity index (χ2v) is 9.69. The van der Waals surface area contributed by atoms with Gasteiger partial charge in [-0.1, -0.05) is 17.7 Å². The maximum atomic E-state index is 6.58. The summed E-state index contributed by atoms with van der Waals surface area (Å²) in [5.41, 5.74) is 5.02. The van der Waals surface area contributed by atoms with Crippen molar-refractivity contribution in [1.29, 1.82) is 0 Å². The molecule has 1 unspecified atom stereocenters. The average molecular weight is 574 g/mol. The van der Waals surface area contributed by atoms with Crippen LogP contribution in [0.25, 0.3) is 33.4 Å². The van der Waals surface area contributed by atoms with Gasteiger partial charge in [-0.05, 0) is 47.5 Å². The Morgan fingerprint density at radius 2 is 1.90 bits per heavy atom. The van der Waals surface area contributed by atoms with Gasteiger partial charge in [-0.15, -0.1) is 5.10 Å². The van der Waals surface area contributed by atoms with Crippen molar-refractivity contribution in [1.82, 2.24) is 30.3 Å². The van der Waals surface area contributed by atoms with E-state index in [9.17, 15) is 0 Å². The van der Waals surface area contributed by atoms with Crippen LogP contribution >= 0.6 is 11.6 Å². The molecule has 0 spiro atoms. The minimum atomic E-state index is -0.353. The summed E-state index contributed by atoms with van der Waals surface area (Å²) in [4.78, 5) is 4.55. The minimum Gasteiger partial charge on any atom is -0.497 e. The average Bonchev–Trinajstić information content (AvgIpc) is 3.72. The van der Waals surface area contributed by atoms with E-state index in [4.69, 9.17) is 30.5 Å². The summed E-state index contributed by atoms with van der Waals surface area (Å²) < 4.78 is 23.7. The second-order valence-electron chi connectivity index (χ2n) is 9.28. The highest BCUT2D eigenvalue weighted by Gasteiger charge is 2.21. The van der Waals surface area contributed by atoms with Gasteiger partial charge in [0, 0.05) is 35.7 Å². The van der Waals surface area contributed by atoms with Crippen molar-refractivity contribution in [3.63, 3.8) is 0 Å². The first-order valence-corrected chi connectivity index (χ1v) is 13.3. The van der Waals surface area contributed by atoms with Gasteiger partial charge in [0.15, 0.2) is 5.82 Å². The van der Waals surface area contributed by atoms with Crippen molar-refractivity contribution in [3.8, 4) is 39.8 Å². The van der Waals surface area contributed by atoms with Gasteiger partial charge in [-0.25, -0.2) is 9.67 Å². The molecule has 6 rings (SSSR count). The number of methoxy groups -OCH3 is 3. The number of nitrogens with zero attached hydrogens (tertiary/aromatic N) is 5. The lowest BCUT2D eigenvalue weighted by atomic mass is 9.97. The molecule has 1 aliphatic rings. The van der Waals surface area contributed by atoms with Crippen molar-refractivity contribution in [2.24, 2.45) is 0 Å². The number of rotatable bonds is 9. The third-order valence-corrected chi connectivity index (χ3v) is 7.19. The lowest BCUT2D eigenvalue weighted by Gasteiger charge is -2.14. The van der Waals surface area contributed by atoms with Gasteiger partial charge < -0.3 is 24.3 Å². The Morgan fingerprint density at radius 1 is 1.02 bits per heavy atom. The fraction of sp³-hybridized carbons (Fsp3) is 0.241. The molecule has 1 aliphatic heterocycles. The lowest BCUT2D eigenvalue weighted by molar-refractivity contribution is 0.0342. The van der Waals surface area contributed by atoms with Crippen LogP contribution in [-0.2, 0) is 11.3 Å². The number of ether oxygens (including phenoxy) is 4. The molecule has 2 N–H and O–H groups in total. The van der Waals surface area contributed by atoms with Gasteiger partial charge in [-0.3, -0.25) is 5.32 Å². The van der Waals surface area contributed by atoms with Crippen LogP contribution in [-0.4, -0.2) is 59.4 Å². The van der Waals surface area contributed by atoms with Crippen LogP contribution in [0.4, 0.5) is 5.69 Å². The lowest BCUT2D eigenvalue weighted by Crippen LogP contribution is -2.21. The quantitative estimate of drug-likeness (QED) is 0.251. The molecule has 1 saturated heterocycles. The van der Waals surface area contributed by atoms with Crippen molar-refractivity contribution in [2.75, 3.05) is 39.8 Å². The summed E-state index contributed by atoms with van der Waals surface area (Å²) in [5.74, 6) is 2.51. The highest BCUT2D eigenvalue weighted by Crippen LogP contribution is 2.39. The van der Waals surface area contributed by atoms with Crippen molar-refractivity contribution in [3.05, 3.63) is 71.6 Å². The number of hydrogen-bond acceptors (Lipinski definition) is 10. The van der Waals surface area contributed by atoms with Crippen LogP contribution in [0, 0.1) is 0 Å². The molecular formula is C29H28ClN7O4. The number of aromatic nitrogens is 5. The van der Waals surface area contributed by atoms with Crippen molar-refractivity contribution in [2.45, 2.75) is 12.9 Å². The molecule has 11 nitrogen and oxygen atoms in total. The monoisotopic (exact) mass is 573 g/mol. The van der Waals surface area contributed by atoms with Crippen LogP contribution in [0.5, 0.6) is 17.2 Å². The SMILES string of the molecule is COc1ccc(CNc2cnnc3cc(-c4cc(Cl)c(OC)cc4-c4ncn(C5NCCO5)n4)ccc23)c(OC)c1. The fourth-order valence-electron chi connectivity index (χ4n) is 4.78. The Hall–Kier alpha value is -4.45. The molecule has 1 atom stereocenters. The summed E-state index contributed by atoms with van der Waals surface area (Å²) >= 11 is 6.58. The zero-order valence-corrected chi connectivity index (χ0v) is 23.5. The second kappa shape index (κ2) is 11.6. The standard InChI is InChI=1S/C29H28ClN7O4/c1-38-19-6-4-18(26(11-19)39-2)14-32-25-15-34-35-24-10-17(5-7-20(24)25)21-12-23(30)27(40-3)13-22(21)28-33-16-37(36-28)29-31-8-9-41-29/h4-7,10-13,15-16,29,31H,8-9,14H2,1-3H3,(H,32,35). The first kappa shape index (κ1) is 26.8. The van der Waals surface area contributed by atoms with E-state index in [1.165, 1.54) is 0 Å². The smallest absolute Gasteiger partial charge is 0.208 e. The molecule has 3 aromatic carbocycles. The van der Waals surface area contributed by atoms with E-state index in [0.717, 1.165) is 51.4 Å². The normalized spacial score (nSPS) is 14.8. The van der Waals surface area contributed by atoms with Crippen LogP contribution in [0.2, 0.25) is 5.02 Å². The van der Waals surface area contributed by atoms with Crippen molar-refractivity contribution >= 4 is 28.2 Å².